The van der Waals surface area contributed by atoms with Gasteiger partial charge in [0.1, 0.15) is 0 Å². The number of pyridine rings is 1. The highest BCUT2D eigenvalue weighted by molar-refractivity contribution is 5.97. The van der Waals surface area contributed by atoms with Crippen LogP contribution in [0, 0.1) is 5.92 Å². The molecule has 0 amide bonds. The van der Waals surface area contributed by atoms with Crippen LogP contribution < -0.4 is 10.6 Å². The first-order chi connectivity index (χ1) is 9.67. The van der Waals surface area contributed by atoms with E-state index in [9.17, 15) is 4.79 Å². The van der Waals surface area contributed by atoms with E-state index in [2.05, 4.69) is 16.8 Å². The lowest BCUT2D eigenvalue weighted by Crippen LogP contribution is -2.34. The molecule has 0 unspecified atom stereocenters. The molecule has 5 nitrogen and oxygen atoms in total. The van der Waals surface area contributed by atoms with Gasteiger partial charge < -0.3 is 15.4 Å². The van der Waals surface area contributed by atoms with Crippen LogP contribution in [0.5, 0.6) is 0 Å². The van der Waals surface area contributed by atoms with Crippen molar-refractivity contribution in [3.05, 3.63) is 17.8 Å². The van der Waals surface area contributed by atoms with Gasteiger partial charge in [0.15, 0.2) is 5.82 Å². The molecule has 2 rings (SSSR count). The lowest BCUT2D eigenvalue weighted by molar-refractivity contribution is 0.0527. The number of ether oxygens (including phenoxy) is 1. The minimum Gasteiger partial charge on any atom is -0.462 e. The van der Waals surface area contributed by atoms with Crippen LogP contribution in [-0.4, -0.2) is 30.6 Å². The van der Waals surface area contributed by atoms with Crippen molar-refractivity contribution in [2.24, 2.45) is 5.92 Å². The Morgan fingerprint density at radius 3 is 2.75 bits per heavy atom. The quantitative estimate of drug-likeness (QED) is 0.856. The van der Waals surface area contributed by atoms with Gasteiger partial charge in [-0.1, -0.05) is 13.3 Å². The number of hydrogen-bond acceptors (Lipinski definition) is 5. The molecule has 0 radical (unpaired) electrons. The lowest BCUT2D eigenvalue weighted by atomic mass is 9.94. The fraction of sp³-hybridized carbons (Fsp3) is 0.600. The fourth-order valence-electron chi connectivity index (χ4n) is 2.65. The van der Waals surface area contributed by atoms with Crippen molar-refractivity contribution in [1.82, 2.24) is 4.98 Å². The molecule has 1 aliphatic rings. The van der Waals surface area contributed by atoms with Gasteiger partial charge in [0, 0.05) is 19.3 Å². The van der Waals surface area contributed by atoms with Crippen molar-refractivity contribution < 1.29 is 9.53 Å². The maximum Gasteiger partial charge on any atom is 0.340 e. The third-order valence-corrected chi connectivity index (χ3v) is 3.96. The number of anilines is 2. The molecule has 2 heterocycles. The van der Waals surface area contributed by atoms with Crippen molar-refractivity contribution in [1.29, 1.82) is 0 Å². The summed E-state index contributed by atoms with van der Waals surface area (Å²) in [6, 6.07) is 1.62. The van der Waals surface area contributed by atoms with Crippen LogP contribution in [0.4, 0.5) is 11.5 Å². The predicted octanol–water partition coefficient (Wildman–Crippen LogP) is 2.47. The maximum atomic E-state index is 11.9. The number of hydrogen-bond donors (Lipinski definition) is 1. The summed E-state index contributed by atoms with van der Waals surface area (Å²) < 4.78 is 5.02. The number of esters is 1. The Kier molecular flexibility index (Phi) is 4.82. The molecular weight excluding hydrogens is 254 g/mol. The summed E-state index contributed by atoms with van der Waals surface area (Å²) >= 11 is 0. The number of nitrogen functional groups attached to an aromatic ring is 1. The van der Waals surface area contributed by atoms with Crippen molar-refractivity contribution in [2.75, 3.05) is 30.3 Å². The summed E-state index contributed by atoms with van der Waals surface area (Å²) in [7, 11) is 0. The molecule has 5 heteroatoms. The summed E-state index contributed by atoms with van der Waals surface area (Å²) in [4.78, 5) is 18.4. The zero-order valence-electron chi connectivity index (χ0n) is 12.3. The van der Waals surface area contributed by atoms with Crippen LogP contribution in [0.2, 0.25) is 0 Å². The van der Waals surface area contributed by atoms with Crippen molar-refractivity contribution in [2.45, 2.75) is 33.1 Å². The number of piperidine rings is 1. The number of carbonyl (C=O) groups is 1. The molecule has 0 aromatic carbocycles. The summed E-state index contributed by atoms with van der Waals surface area (Å²) in [6.07, 6.45) is 5.16. The van der Waals surface area contributed by atoms with Gasteiger partial charge in [-0.3, -0.25) is 0 Å². The highest BCUT2D eigenvalue weighted by Gasteiger charge is 2.23. The maximum absolute atomic E-state index is 11.9. The first kappa shape index (κ1) is 14.6. The Balaban J connectivity index is 2.17. The lowest BCUT2D eigenvalue weighted by Gasteiger charge is -2.33. The molecule has 0 spiro atoms. The normalized spacial score (nSPS) is 16.2. The van der Waals surface area contributed by atoms with E-state index >= 15 is 0 Å². The number of carbonyl (C=O) groups excluding carboxylic acids is 1. The van der Waals surface area contributed by atoms with E-state index in [-0.39, 0.29) is 5.97 Å². The van der Waals surface area contributed by atoms with Gasteiger partial charge >= 0.3 is 5.97 Å². The Labute approximate surface area is 120 Å². The van der Waals surface area contributed by atoms with Crippen LogP contribution in [0.25, 0.3) is 0 Å². The zero-order chi connectivity index (χ0) is 14.5. The number of nitrogens with two attached hydrogens (primary N) is 1. The van der Waals surface area contributed by atoms with E-state index in [0.717, 1.165) is 31.8 Å². The zero-order valence-corrected chi connectivity index (χ0v) is 12.3. The van der Waals surface area contributed by atoms with Gasteiger partial charge in [-0.25, -0.2) is 9.78 Å². The van der Waals surface area contributed by atoms with Crippen molar-refractivity contribution in [3.63, 3.8) is 0 Å². The van der Waals surface area contributed by atoms with E-state index in [1.165, 1.54) is 6.42 Å². The largest absolute Gasteiger partial charge is 0.462 e. The van der Waals surface area contributed by atoms with Gasteiger partial charge in [-0.05, 0) is 31.7 Å². The molecule has 0 bridgehead atoms. The van der Waals surface area contributed by atoms with E-state index < -0.39 is 0 Å². The summed E-state index contributed by atoms with van der Waals surface area (Å²) in [6.45, 7) is 6.25. The average Bonchev–Trinajstić information content (AvgIpc) is 2.48. The van der Waals surface area contributed by atoms with Crippen LogP contribution in [-0.2, 0) is 4.74 Å². The van der Waals surface area contributed by atoms with Crippen molar-refractivity contribution in [3.8, 4) is 0 Å². The Morgan fingerprint density at radius 1 is 1.45 bits per heavy atom. The minimum absolute atomic E-state index is 0.345. The second-order valence-corrected chi connectivity index (χ2v) is 5.15. The SMILES string of the molecule is CCOC(=O)c1ccnc(N2CCC(CC)CC2)c1N. The standard InChI is InChI=1S/C15H23N3O2/c1-3-11-6-9-18(10-7-11)14-13(16)12(5-8-17-14)15(19)20-4-2/h5,8,11H,3-4,6-7,9-10,16H2,1-2H3. The molecule has 20 heavy (non-hydrogen) atoms. The van der Waals surface area contributed by atoms with Gasteiger partial charge in [0.2, 0.25) is 0 Å². The monoisotopic (exact) mass is 277 g/mol. The minimum atomic E-state index is -0.378. The van der Waals surface area contributed by atoms with Crippen LogP contribution in [0.3, 0.4) is 0 Å². The number of nitrogens with zero attached hydrogens (tertiary/aromatic N) is 2. The molecule has 0 atom stereocenters. The van der Waals surface area contributed by atoms with Gasteiger partial charge in [-0.15, -0.1) is 0 Å². The summed E-state index contributed by atoms with van der Waals surface area (Å²) in [5.74, 6) is 1.13. The summed E-state index contributed by atoms with van der Waals surface area (Å²) in [5, 5.41) is 0. The molecule has 1 aromatic heterocycles. The highest BCUT2D eigenvalue weighted by Crippen LogP contribution is 2.29. The van der Waals surface area contributed by atoms with Gasteiger partial charge in [0.25, 0.3) is 0 Å². The number of rotatable bonds is 4. The molecule has 110 valence electrons. The molecule has 0 saturated carbocycles. The predicted molar refractivity (Wildman–Crippen MR) is 79.8 cm³/mol. The van der Waals surface area contributed by atoms with E-state index in [4.69, 9.17) is 10.5 Å². The molecular formula is C15H23N3O2. The van der Waals surface area contributed by atoms with Gasteiger partial charge in [0.05, 0.1) is 17.9 Å². The topological polar surface area (TPSA) is 68.5 Å². The first-order valence-corrected chi connectivity index (χ1v) is 7.33. The van der Waals surface area contributed by atoms with E-state index in [0.29, 0.717) is 23.7 Å². The smallest absolute Gasteiger partial charge is 0.340 e. The molecule has 1 fully saturated rings. The second kappa shape index (κ2) is 6.59. The molecule has 1 saturated heterocycles. The molecule has 2 N–H and O–H groups in total. The van der Waals surface area contributed by atoms with Crippen LogP contribution >= 0.6 is 0 Å². The first-order valence-electron chi connectivity index (χ1n) is 7.33. The number of aromatic nitrogens is 1. The molecule has 1 aromatic rings. The Morgan fingerprint density at radius 2 is 2.15 bits per heavy atom. The Hall–Kier alpha value is -1.78. The van der Waals surface area contributed by atoms with Crippen LogP contribution in [0.1, 0.15) is 43.5 Å². The van der Waals surface area contributed by atoms with E-state index in [1.54, 1.807) is 19.2 Å². The second-order valence-electron chi connectivity index (χ2n) is 5.15. The van der Waals surface area contributed by atoms with E-state index in [1.807, 2.05) is 0 Å². The molecule has 0 aliphatic carbocycles. The fourth-order valence-corrected chi connectivity index (χ4v) is 2.65. The third kappa shape index (κ3) is 3.03. The summed E-state index contributed by atoms with van der Waals surface area (Å²) in [5.41, 5.74) is 6.95. The average molecular weight is 277 g/mol. The molecule has 1 aliphatic heterocycles. The Bertz CT molecular complexity index is 468. The highest BCUT2D eigenvalue weighted by atomic mass is 16.5. The van der Waals surface area contributed by atoms with Crippen molar-refractivity contribution >= 4 is 17.5 Å². The van der Waals surface area contributed by atoms with Crippen LogP contribution in [0.15, 0.2) is 12.3 Å². The van der Waals surface area contributed by atoms with Gasteiger partial charge in [-0.2, -0.15) is 0 Å². The third-order valence-electron chi connectivity index (χ3n) is 3.96.